The van der Waals surface area contributed by atoms with Gasteiger partial charge in [0.15, 0.2) is 0 Å². The van der Waals surface area contributed by atoms with Crippen molar-refractivity contribution in [3.05, 3.63) is 61.8 Å². The Morgan fingerprint density at radius 2 is 2.24 bits per heavy atom. The van der Waals surface area contributed by atoms with E-state index < -0.39 is 16.9 Å². The van der Waals surface area contributed by atoms with Crippen LogP contribution in [0.25, 0.3) is 0 Å². The zero-order valence-corrected chi connectivity index (χ0v) is 12.1. The lowest BCUT2D eigenvalue weighted by Crippen LogP contribution is -2.28. The molecule has 2 N–H and O–H groups in total. The third-order valence-corrected chi connectivity index (χ3v) is 3.83. The first kappa shape index (κ1) is 15.1. The van der Waals surface area contributed by atoms with E-state index in [1.165, 1.54) is 36.5 Å². The van der Waals surface area contributed by atoms with E-state index in [9.17, 15) is 20.0 Å². The van der Waals surface area contributed by atoms with Gasteiger partial charge in [0.2, 0.25) is 0 Å². The number of aliphatic hydroxyl groups excluding tert-OH is 1. The quantitative estimate of drug-likeness (QED) is 0.655. The summed E-state index contributed by atoms with van der Waals surface area (Å²) in [5, 5.41) is 27.0. The van der Waals surface area contributed by atoms with Gasteiger partial charge in [-0.25, -0.2) is 0 Å². The van der Waals surface area contributed by atoms with Gasteiger partial charge in [0, 0.05) is 23.7 Å². The van der Waals surface area contributed by atoms with Crippen LogP contribution in [-0.4, -0.2) is 22.5 Å². The Hall–Kier alpha value is -2.25. The van der Waals surface area contributed by atoms with E-state index in [2.05, 4.69) is 5.32 Å². The van der Waals surface area contributed by atoms with E-state index in [0.29, 0.717) is 5.56 Å². The van der Waals surface area contributed by atoms with Gasteiger partial charge in [-0.2, -0.15) is 11.3 Å². The molecular weight excluding hydrogens is 292 g/mol. The first-order valence-corrected chi connectivity index (χ1v) is 7.17. The van der Waals surface area contributed by atoms with Crippen molar-refractivity contribution in [2.24, 2.45) is 0 Å². The number of nitro benzene ring substituents is 1. The summed E-state index contributed by atoms with van der Waals surface area (Å²) < 4.78 is 0. The molecule has 1 atom stereocenters. The van der Waals surface area contributed by atoms with Crippen molar-refractivity contribution in [3.8, 4) is 0 Å². The summed E-state index contributed by atoms with van der Waals surface area (Å²) >= 11 is 1.46. The smallest absolute Gasteiger partial charge is 0.273 e. The third kappa shape index (κ3) is 3.45. The molecule has 1 heterocycles. The Labute approximate surface area is 125 Å². The number of thiophene rings is 1. The summed E-state index contributed by atoms with van der Waals surface area (Å²) in [7, 11) is 0. The van der Waals surface area contributed by atoms with Gasteiger partial charge in [-0.3, -0.25) is 14.9 Å². The first-order valence-electron chi connectivity index (χ1n) is 6.23. The average molecular weight is 306 g/mol. The fraction of sp³-hybridized carbons (Fsp3) is 0.214. The molecule has 1 aromatic carbocycles. The molecule has 0 aliphatic carbocycles. The maximum Gasteiger partial charge on any atom is 0.273 e. The molecule has 0 spiro atoms. The van der Waals surface area contributed by atoms with Crippen molar-refractivity contribution < 1.29 is 14.8 Å². The minimum Gasteiger partial charge on any atom is -0.387 e. The summed E-state index contributed by atoms with van der Waals surface area (Å²) in [4.78, 5) is 22.4. The molecule has 21 heavy (non-hydrogen) atoms. The second kappa shape index (κ2) is 6.47. The SMILES string of the molecule is Cc1c(C(=O)NCC(O)c2ccsc2)cccc1[N+](=O)[O-]. The molecule has 0 aliphatic rings. The van der Waals surface area contributed by atoms with Crippen LogP contribution in [0, 0.1) is 17.0 Å². The van der Waals surface area contributed by atoms with Crippen LogP contribution in [0.15, 0.2) is 35.0 Å². The molecule has 0 aliphatic heterocycles. The van der Waals surface area contributed by atoms with Crippen LogP contribution in [0.1, 0.15) is 27.6 Å². The second-order valence-electron chi connectivity index (χ2n) is 4.49. The molecule has 0 bridgehead atoms. The van der Waals surface area contributed by atoms with Gasteiger partial charge in [-0.05, 0) is 35.4 Å². The highest BCUT2D eigenvalue weighted by Crippen LogP contribution is 2.21. The van der Waals surface area contributed by atoms with Crippen molar-refractivity contribution >= 4 is 22.9 Å². The van der Waals surface area contributed by atoms with Crippen molar-refractivity contribution in [2.75, 3.05) is 6.54 Å². The largest absolute Gasteiger partial charge is 0.387 e. The number of nitrogens with one attached hydrogen (secondary N) is 1. The molecule has 0 radical (unpaired) electrons. The van der Waals surface area contributed by atoms with Crippen LogP contribution in [0.4, 0.5) is 5.69 Å². The van der Waals surface area contributed by atoms with Gasteiger partial charge >= 0.3 is 0 Å². The molecular formula is C14H14N2O4S. The minimum absolute atomic E-state index is 0.0533. The van der Waals surface area contributed by atoms with Gasteiger partial charge in [0.25, 0.3) is 11.6 Å². The Kier molecular flexibility index (Phi) is 4.66. The predicted octanol–water partition coefficient (Wildman–Crippen LogP) is 2.43. The molecule has 7 heteroatoms. The highest BCUT2D eigenvalue weighted by molar-refractivity contribution is 7.07. The van der Waals surface area contributed by atoms with Gasteiger partial charge < -0.3 is 10.4 Å². The molecule has 110 valence electrons. The summed E-state index contributed by atoms with van der Waals surface area (Å²) in [6.07, 6.45) is -0.792. The Balaban J connectivity index is 2.07. The van der Waals surface area contributed by atoms with Crippen molar-refractivity contribution in [3.63, 3.8) is 0 Å². The van der Waals surface area contributed by atoms with Gasteiger partial charge in [-0.15, -0.1) is 0 Å². The topological polar surface area (TPSA) is 92.5 Å². The van der Waals surface area contributed by atoms with Crippen molar-refractivity contribution in [2.45, 2.75) is 13.0 Å². The monoisotopic (exact) mass is 306 g/mol. The normalized spacial score (nSPS) is 11.9. The number of amides is 1. The van der Waals surface area contributed by atoms with Gasteiger partial charge in [0.05, 0.1) is 11.0 Å². The van der Waals surface area contributed by atoms with Crippen LogP contribution >= 0.6 is 11.3 Å². The van der Waals surface area contributed by atoms with E-state index in [-0.39, 0.29) is 17.8 Å². The summed E-state index contributed by atoms with van der Waals surface area (Å²) in [5.41, 5.74) is 1.18. The third-order valence-electron chi connectivity index (χ3n) is 3.13. The fourth-order valence-electron chi connectivity index (χ4n) is 1.93. The van der Waals surface area contributed by atoms with Crippen molar-refractivity contribution in [1.82, 2.24) is 5.32 Å². The number of carbonyl (C=O) groups is 1. The van der Waals surface area contributed by atoms with E-state index >= 15 is 0 Å². The van der Waals surface area contributed by atoms with E-state index in [1.54, 1.807) is 11.4 Å². The fourth-order valence-corrected chi connectivity index (χ4v) is 2.64. The summed E-state index contributed by atoms with van der Waals surface area (Å²) in [5.74, 6) is -0.439. The molecule has 2 rings (SSSR count). The van der Waals surface area contributed by atoms with Crippen LogP contribution < -0.4 is 5.32 Å². The molecule has 1 aromatic heterocycles. The van der Waals surface area contributed by atoms with Gasteiger partial charge in [-0.1, -0.05) is 6.07 Å². The number of benzene rings is 1. The molecule has 0 saturated heterocycles. The highest BCUT2D eigenvalue weighted by atomic mass is 32.1. The Morgan fingerprint density at radius 1 is 1.48 bits per heavy atom. The zero-order valence-electron chi connectivity index (χ0n) is 11.3. The van der Waals surface area contributed by atoms with E-state index in [1.807, 2.05) is 5.38 Å². The zero-order chi connectivity index (χ0) is 15.4. The second-order valence-corrected chi connectivity index (χ2v) is 5.27. The van der Waals surface area contributed by atoms with Crippen LogP contribution in [0.3, 0.4) is 0 Å². The molecule has 2 aromatic rings. The number of nitrogens with zero attached hydrogens (tertiary/aromatic N) is 1. The maximum atomic E-state index is 12.1. The maximum absolute atomic E-state index is 12.1. The molecule has 0 saturated carbocycles. The number of nitro groups is 1. The number of hydrogen-bond acceptors (Lipinski definition) is 5. The lowest BCUT2D eigenvalue weighted by atomic mass is 10.1. The van der Waals surface area contributed by atoms with Crippen LogP contribution in [0.2, 0.25) is 0 Å². The molecule has 1 unspecified atom stereocenters. The molecule has 6 nitrogen and oxygen atoms in total. The van der Waals surface area contributed by atoms with E-state index in [4.69, 9.17) is 0 Å². The minimum atomic E-state index is -0.792. The first-order chi connectivity index (χ1) is 10.0. The summed E-state index contributed by atoms with van der Waals surface area (Å²) in [6, 6.07) is 6.12. The van der Waals surface area contributed by atoms with Crippen LogP contribution in [-0.2, 0) is 0 Å². The molecule has 0 fully saturated rings. The number of hydrogen-bond donors (Lipinski definition) is 2. The molecule has 1 amide bonds. The van der Waals surface area contributed by atoms with Crippen LogP contribution in [0.5, 0.6) is 0 Å². The van der Waals surface area contributed by atoms with Gasteiger partial charge in [0.1, 0.15) is 0 Å². The van der Waals surface area contributed by atoms with Crippen molar-refractivity contribution in [1.29, 1.82) is 0 Å². The highest BCUT2D eigenvalue weighted by Gasteiger charge is 2.18. The lowest BCUT2D eigenvalue weighted by Gasteiger charge is -2.11. The number of rotatable bonds is 5. The Morgan fingerprint density at radius 3 is 2.86 bits per heavy atom. The standard InChI is InChI=1S/C14H14N2O4S/c1-9-11(3-2-4-12(9)16(19)20)14(18)15-7-13(17)10-5-6-21-8-10/h2-6,8,13,17H,7H2,1H3,(H,15,18). The average Bonchev–Trinajstić information content (AvgIpc) is 2.98. The number of aliphatic hydroxyl groups is 1. The Bertz CT molecular complexity index is 655. The number of carbonyl (C=O) groups excluding carboxylic acids is 1. The predicted molar refractivity (Wildman–Crippen MR) is 79.4 cm³/mol. The summed E-state index contributed by atoms with van der Waals surface area (Å²) in [6.45, 7) is 1.58. The van der Waals surface area contributed by atoms with E-state index in [0.717, 1.165) is 5.56 Å². The lowest BCUT2D eigenvalue weighted by molar-refractivity contribution is -0.385.